The molecule has 0 radical (unpaired) electrons. The van der Waals surface area contributed by atoms with E-state index in [0.717, 1.165) is 32.2 Å². The van der Waals surface area contributed by atoms with Crippen LogP contribution in [0.4, 0.5) is 0 Å². The van der Waals surface area contributed by atoms with E-state index in [9.17, 15) is 0 Å². The highest BCUT2D eigenvalue weighted by Gasteiger charge is 2.11. The molecule has 2 rings (SSSR count). The average molecular weight is 253 g/mol. The van der Waals surface area contributed by atoms with Gasteiger partial charge in [-0.25, -0.2) is 0 Å². The van der Waals surface area contributed by atoms with Gasteiger partial charge in [-0.2, -0.15) is 0 Å². The van der Waals surface area contributed by atoms with Crippen molar-refractivity contribution in [2.75, 3.05) is 19.8 Å². The molecule has 1 heterocycles. The second kappa shape index (κ2) is 7.85. The summed E-state index contributed by atoms with van der Waals surface area (Å²) in [4.78, 5) is 1.42. The van der Waals surface area contributed by atoms with Crippen molar-refractivity contribution >= 4 is 11.3 Å². The lowest BCUT2D eigenvalue weighted by atomic mass is 9.96. The Morgan fingerprint density at radius 1 is 1.24 bits per heavy atom. The van der Waals surface area contributed by atoms with Crippen molar-refractivity contribution in [2.24, 2.45) is 0 Å². The average Bonchev–Trinajstić information content (AvgIpc) is 2.88. The largest absolute Gasteiger partial charge is 0.380 e. The third-order valence-corrected chi connectivity index (χ3v) is 4.29. The lowest BCUT2D eigenvalue weighted by Gasteiger charge is -2.22. The fourth-order valence-electron chi connectivity index (χ4n) is 2.37. The first kappa shape index (κ1) is 13.1. The maximum Gasteiger partial charge on any atom is 0.0591 e. The fraction of sp³-hybridized carbons (Fsp3) is 0.714. The van der Waals surface area contributed by atoms with E-state index >= 15 is 0 Å². The van der Waals surface area contributed by atoms with Gasteiger partial charge in [-0.1, -0.05) is 25.3 Å². The monoisotopic (exact) mass is 253 g/mol. The Hall–Kier alpha value is -0.380. The highest BCUT2D eigenvalue weighted by molar-refractivity contribution is 7.09. The van der Waals surface area contributed by atoms with Crippen LogP contribution in [-0.4, -0.2) is 25.8 Å². The first-order valence-electron chi connectivity index (χ1n) is 6.78. The van der Waals surface area contributed by atoms with Crippen molar-refractivity contribution in [3.05, 3.63) is 22.4 Å². The smallest absolute Gasteiger partial charge is 0.0591 e. The molecule has 1 fully saturated rings. The Bertz CT molecular complexity index is 280. The van der Waals surface area contributed by atoms with E-state index in [1.165, 1.54) is 37.0 Å². The topological polar surface area (TPSA) is 21.3 Å². The number of hydrogen-bond acceptors (Lipinski definition) is 3. The Kier molecular flexibility index (Phi) is 6.03. The molecule has 96 valence electrons. The van der Waals surface area contributed by atoms with Gasteiger partial charge in [0.25, 0.3) is 0 Å². The summed E-state index contributed by atoms with van der Waals surface area (Å²) >= 11 is 1.81. The van der Waals surface area contributed by atoms with Crippen LogP contribution in [0.15, 0.2) is 17.5 Å². The summed E-state index contributed by atoms with van der Waals surface area (Å²) < 4.78 is 5.64. The molecule has 1 aromatic heterocycles. The first-order valence-corrected chi connectivity index (χ1v) is 7.66. The standard InChI is InChI=1S/C14H23NOS/c1-2-5-13(6-3-1)15-9-11-16-10-8-14-7-4-12-17-14/h4,7,12-13,15H,1-3,5-6,8-11H2. The van der Waals surface area contributed by atoms with Crippen molar-refractivity contribution in [3.63, 3.8) is 0 Å². The van der Waals surface area contributed by atoms with Crippen LogP contribution >= 0.6 is 11.3 Å². The first-order chi connectivity index (χ1) is 8.45. The van der Waals surface area contributed by atoms with E-state index in [0.29, 0.717) is 0 Å². The van der Waals surface area contributed by atoms with Crippen molar-refractivity contribution in [1.82, 2.24) is 5.32 Å². The summed E-state index contributed by atoms with van der Waals surface area (Å²) in [5, 5.41) is 5.72. The predicted molar refractivity (Wildman–Crippen MR) is 73.7 cm³/mol. The summed E-state index contributed by atoms with van der Waals surface area (Å²) in [5.74, 6) is 0. The molecule has 0 bridgehead atoms. The molecule has 1 aliphatic carbocycles. The molecule has 2 nitrogen and oxygen atoms in total. The zero-order valence-corrected chi connectivity index (χ0v) is 11.3. The number of ether oxygens (including phenoxy) is 1. The molecule has 0 aliphatic heterocycles. The predicted octanol–water partition coefficient (Wildman–Crippen LogP) is 3.23. The summed E-state index contributed by atoms with van der Waals surface area (Å²) in [6, 6.07) is 5.03. The van der Waals surface area contributed by atoms with Crippen molar-refractivity contribution in [2.45, 2.75) is 44.6 Å². The van der Waals surface area contributed by atoms with Gasteiger partial charge in [-0.05, 0) is 24.3 Å². The van der Waals surface area contributed by atoms with Gasteiger partial charge >= 0.3 is 0 Å². The molecule has 0 saturated heterocycles. The van der Waals surface area contributed by atoms with E-state index < -0.39 is 0 Å². The number of rotatable bonds is 7. The van der Waals surface area contributed by atoms with Gasteiger partial charge in [-0.3, -0.25) is 0 Å². The zero-order chi connectivity index (χ0) is 11.8. The van der Waals surface area contributed by atoms with Crippen molar-refractivity contribution in [1.29, 1.82) is 0 Å². The fourth-order valence-corrected chi connectivity index (χ4v) is 3.06. The van der Waals surface area contributed by atoms with Gasteiger partial charge < -0.3 is 10.1 Å². The second-order valence-corrected chi connectivity index (χ2v) is 5.76. The molecule has 1 aliphatic rings. The SMILES string of the molecule is c1csc(CCOCCNC2CCCCC2)c1. The molecule has 0 amide bonds. The van der Waals surface area contributed by atoms with Crippen LogP contribution in [0, 0.1) is 0 Å². The highest BCUT2D eigenvalue weighted by atomic mass is 32.1. The molecule has 3 heteroatoms. The molecule has 17 heavy (non-hydrogen) atoms. The Morgan fingerprint density at radius 3 is 2.88 bits per heavy atom. The molecule has 1 saturated carbocycles. The van der Waals surface area contributed by atoms with Crippen LogP contribution in [0.5, 0.6) is 0 Å². The molecule has 1 aromatic rings. The van der Waals surface area contributed by atoms with Crippen molar-refractivity contribution in [3.8, 4) is 0 Å². The van der Waals surface area contributed by atoms with Gasteiger partial charge in [0.05, 0.1) is 13.2 Å². The number of hydrogen-bond donors (Lipinski definition) is 1. The molecule has 1 N–H and O–H groups in total. The normalized spacial score (nSPS) is 17.4. The molecule has 0 atom stereocenters. The minimum absolute atomic E-state index is 0.754. The van der Waals surface area contributed by atoms with E-state index in [1.807, 2.05) is 11.3 Å². The summed E-state index contributed by atoms with van der Waals surface area (Å²) in [5.41, 5.74) is 0. The van der Waals surface area contributed by atoms with E-state index in [4.69, 9.17) is 4.74 Å². The van der Waals surface area contributed by atoms with Crippen LogP contribution < -0.4 is 5.32 Å². The van der Waals surface area contributed by atoms with Gasteiger partial charge in [0.1, 0.15) is 0 Å². The summed E-state index contributed by atoms with van der Waals surface area (Å²) in [7, 11) is 0. The van der Waals surface area contributed by atoms with Crippen LogP contribution in [0.25, 0.3) is 0 Å². The molecule has 0 aromatic carbocycles. The van der Waals surface area contributed by atoms with Crippen molar-refractivity contribution < 1.29 is 4.74 Å². The van der Waals surface area contributed by atoms with Gasteiger partial charge in [0, 0.05) is 23.9 Å². The lowest BCUT2D eigenvalue weighted by molar-refractivity contribution is 0.135. The molecule has 0 spiro atoms. The highest BCUT2D eigenvalue weighted by Crippen LogP contribution is 2.16. The van der Waals surface area contributed by atoms with Crippen LogP contribution in [0.1, 0.15) is 37.0 Å². The van der Waals surface area contributed by atoms with Gasteiger partial charge in [-0.15, -0.1) is 11.3 Å². The minimum Gasteiger partial charge on any atom is -0.380 e. The lowest BCUT2D eigenvalue weighted by Crippen LogP contribution is -2.33. The Morgan fingerprint density at radius 2 is 2.12 bits per heavy atom. The summed E-state index contributed by atoms with van der Waals surface area (Å²) in [6.07, 6.45) is 7.99. The number of thiophene rings is 1. The minimum atomic E-state index is 0.754. The Balaban J connectivity index is 1.43. The van der Waals surface area contributed by atoms with Crippen LogP contribution in [0.2, 0.25) is 0 Å². The van der Waals surface area contributed by atoms with E-state index in [-0.39, 0.29) is 0 Å². The van der Waals surface area contributed by atoms with Crippen LogP contribution in [-0.2, 0) is 11.2 Å². The van der Waals surface area contributed by atoms with E-state index in [2.05, 4.69) is 22.8 Å². The molecular formula is C14H23NOS. The quantitative estimate of drug-likeness (QED) is 0.753. The molecular weight excluding hydrogens is 230 g/mol. The third-order valence-electron chi connectivity index (χ3n) is 3.36. The third kappa shape index (κ3) is 5.19. The summed E-state index contributed by atoms with van der Waals surface area (Å²) in [6.45, 7) is 2.71. The van der Waals surface area contributed by atoms with Gasteiger partial charge in [0.2, 0.25) is 0 Å². The molecule has 0 unspecified atom stereocenters. The maximum absolute atomic E-state index is 5.64. The van der Waals surface area contributed by atoms with Gasteiger partial charge in [0.15, 0.2) is 0 Å². The van der Waals surface area contributed by atoms with E-state index in [1.54, 1.807) is 0 Å². The maximum atomic E-state index is 5.64. The second-order valence-electron chi connectivity index (χ2n) is 4.73. The van der Waals surface area contributed by atoms with Crippen LogP contribution in [0.3, 0.4) is 0 Å². The Labute approximate surface area is 108 Å². The number of nitrogens with one attached hydrogen (secondary N) is 1. The zero-order valence-electron chi connectivity index (χ0n) is 10.5.